The summed E-state index contributed by atoms with van der Waals surface area (Å²) in [6.45, 7) is 2.03. The summed E-state index contributed by atoms with van der Waals surface area (Å²) in [6, 6.07) is 0.150. The van der Waals surface area contributed by atoms with Gasteiger partial charge in [0.05, 0.1) is 6.61 Å². The first kappa shape index (κ1) is 15.2. The topological polar surface area (TPSA) is 81.2 Å². The molecule has 0 radical (unpaired) electrons. The molecule has 118 valence electrons. The Morgan fingerprint density at radius 1 is 1.41 bits per heavy atom. The van der Waals surface area contributed by atoms with Crippen molar-refractivity contribution in [1.82, 2.24) is 9.97 Å². The maximum atomic E-state index is 12.0. The molecule has 2 unspecified atom stereocenters. The lowest BCUT2D eigenvalue weighted by Gasteiger charge is -2.30. The Balaban J connectivity index is 1.84. The normalized spacial score (nSPS) is 26.8. The lowest BCUT2D eigenvalue weighted by Crippen LogP contribution is -2.37. The molecule has 0 amide bonds. The van der Waals surface area contributed by atoms with Crippen molar-refractivity contribution in [2.75, 3.05) is 11.9 Å². The Morgan fingerprint density at radius 2 is 2.09 bits per heavy atom. The number of halogens is 1. The lowest BCUT2D eigenvalue weighted by atomic mass is 9.83. The number of fused-ring (bicyclic) bond motifs is 2. The summed E-state index contributed by atoms with van der Waals surface area (Å²) >= 11 is 5.86. The molecule has 0 aromatic carbocycles. The van der Waals surface area contributed by atoms with Crippen LogP contribution in [-0.4, -0.2) is 34.4 Å². The van der Waals surface area contributed by atoms with Gasteiger partial charge < -0.3 is 10.1 Å². The highest BCUT2D eigenvalue weighted by molar-refractivity contribution is 6.28. The van der Waals surface area contributed by atoms with Gasteiger partial charge in [0, 0.05) is 25.1 Å². The number of ether oxygens (including phenoxy) is 1. The Kier molecular flexibility index (Phi) is 4.29. The summed E-state index contributed by atoms with van der Waals surface area (Å²) in [4.78, 5) is 31.7. The first-order valence-electron chi connectivity index (χ1n) is 7.56. The molecular weight excluding hydrogens is 306 g/mol. The molecule has 7 heteroatoms. The van der Waals surface area contributed by atoms with E-state index in [0.29, 0.717) is 36.3 Å². The minimum absolute atomic E-state index is 0.0785. The largest absolute Gasteiger partial charge is 0.462 e. The molecule has 3 rings (SSSR count). The smallest absolute Gasteiger partial charge is 0.343 e. The number of ketones is 1. The van der Waals surface area contributed by atoms with Crippen LogP contribution in [0.4, 0.5) is 5.82 Å². The zero-order valence-corrected chi connectivity index (χ0v) is 13.1. The Hall–Kier alpha value is -1.69. The summed E-state index contributed by atoms with van der Waals surface area (Å²) < 4.78 is 5.03. The summed E-state index contributed by atoms with van der Waals surface area (Å²) in [5.74, 6) is 0.859. The van der Waals surface area contributed by atoms with Crippen LogP contribution in [0.5, 0.6) is 0 Å². The fourth-order valence-corrected chi connectivity index (χ4v) is 3.65. The van der Waals surface area contributed by atoms with Gasteiger partial charge in [-0.25, -0.2) is 9.78 Å². The van der Waals surface area contributed by atoms with Crippen LogP contribution < -0.4 is 5.32 Å². The second kappa shape index (κ2) is 6.20. The number of hydrogen-bond acceptors (Lipinski definition) is 6. The molecule has 0 spiro atoms. The van der Waals surface area contributed by atoms with Crippen molar-refractivity contribution in [3.8, 4) is 0 Å². The van der Waals surface area contributed by atoms with Crippen LogP contribution in [-0.2, 0) is 9.53 Å². The molecule has 6 nitrogen and oxygen atoms in total. The number of nitrogens with zero attached hydrogens (tertiary/aromatic N) is 2. The fourth-order valence-electron chi connectivity index (χ4n) is 3.52. The molecule has 1 aromatic heterocycles. The summed E-state index contributed by atoms with van der Waals surface area (Å²) in [7, 11) is 0. The maximum Gasteiger partial charge on any atom is 0.343 e. The number of carbonyl (C=O) groups is 2. The fraction of sp³-hybridized carbons (Fsp3) is 0.600. The summed E-state index contributed by atoms with van der Waals surface area (Å²) in [5.41, 5.74) is 0.280. The van der Waals surface area contributed by atoms with Gasteiger partial charge in [-0.2, -0.15) is 4.98 Å². The van der Waals surface area contributed by atoms with Gasteiger partial charge in [0.25, 0.3) is 0 Å². The molecule has 2 bridgehead atoms. The first-order chi connectivity index (χ1) is 10.6. The molecule has 1 N–H and O–H groups in total. The Morgan fingerprint density at radius 3 is 2.73 bits per heavy atom. The minimum atomic E-state index is -0.471. The maximum absolute atomic E-state index is 12.0. The van der Waals surface area contributed by atoms with Crippen LogP contribution in [0.15, 0.2) is 6.20 Å². The van der Waals surface area contributed by atoms with Crippen molar-refractivity contribution in [1.29, 1.82) is 0 Å². The highest BCUT2D eigenvalue weighted by Crippen LogP contribution is 2.42. The third kappa shape index (κ3) is 2.92. The van der Waals surface area contributed by atoms with E-state index in [4.69, 9.17) is 16.3 Å². The van der Waals surface area contributed by atoms with Crippen molar-refractivity contribution in [3.05, 3.63) is 17.0 Å². The van der Waals surface area contributed by atoms with Gasteiger partial charge >= 0.3 is 5.97 Å². The van der Waals surface area contributed by atoms with Gasteiger partial charge in [-0.05, 0) is 43.2 Å². The van der Waals surface area contributed by atoms with E-state index in [1.54, 1.807) is 6.92 Å². The number of aromatic nitrogens is 2. The number of anilines is 1. The molecule has 1 aromatic rings. The van der Waals surface area contributed by atoms with Crippen molar-refractivity contribution in [2.24, 2.45) is 11.8 Å². The zero-order chi connectivity index (χ0) is 15.7. The van der Waals surface area contributed by atoms with E-state index in [-0.39, 0.29) is 23.5 Å². The van der Waals surface area contributed by atoms with E-state index in [9.17, 15) is 9.59 Å². The van der Waals surface area contributed by atoms with Crippen molar-refractivity contribution < 1.29 is 14.3 Å². The SMILES string of the molecule is CCOC(=O)c1cnc(Cl)nc1NC1C2CCC1CC(=O)C2. The summed E-state index contributed by atoms with van der Waals surface area (Å²) in [6.07, 6.45) is 4.64. The van der Waals surface area contributed by atoms with Gasteiger partial charge in [-0.3, -0.25) is 4.79 Å². The average molecular weight is 324 g/mol. The van der Waals surface area contributed by atoms with E-state index in [1.165, 1.54) is 6.20 Å². The van der Waals surface area contributed by atoms with Gasteiger partial charge in [-0.15, -0.1) is 0 Å². The van der Waals surface area contributed by atoms with Crippen molar-refractivity contribution >= 4 is 29.2 Å². The van der Waals surface area contributed by atoms with E-state index < -0.39 is 5.97 Å². The van der Waals surface area contributed by atoms with Crippen molar-refractivity contribution in [3.63, 3.8) is 0 Å². The quantitative estimate of drug-likeness (QED) is 0.677. The molecule has 2 atom stereocenters. The summed E-state index contributed by atoms with van der Waals surface area (Å²) in [5, 5.41) is 3.40. The molecule has 22 heavy (non-hydrogen) atoms. The number of hydrogen-bond donors (Lipinski definition) is 1. The first-order valence-corrected chi connectivity index (χ1v) is 7.94. The molecule has 2 aliphatic rings. The third-order valence-corrected chi connectivity index (χ3v) is 4.64. The average Bonchev–Trinajstić information content (AvgIpc) is 2.70. The molecule has 1 heterocycles. The van der Waals surface area contributed by atoms with Crippen molar-refractivity contribution in [2.45, 2.75) is 38.6 Å². The Labute approximate surface area is 133 Å². The third-order valence-electron chi connectivity index (χ3n) is 4.46. The van der Waals surface area contributed by atoms with Crippen LogP contribution >= 0.6 is 11.6 Å². The van der Waals surface area contributed by atoms with E-state index in [2.05, 4.69) is 15.3 Å². The van der Waals surface area contributed by atoms with Crippen LogP contribution in [0.3, 0.4) is 0 Å². The van der Waals surface area contributed by atoms with Crippen LogP contribution in [0, 0.1) is 11.8 Å². The van der Waals surface area contributed by atoms with Crippen LogP contribution in [0.1, 0.15) is 43.0 Å². The number of nitrogens with one attached hydrogen (secondary N) is 1. The second-order valence-corrected chi connectivity index (χ2v) is 6.17. The molecule has 2 aliphatic carbocycles. The molecular formula is C15H18ClN3O3. The number of Topliss-reactive ketones (excluding diaryl/α,β-unsaturated/α-hetero) is 1. The van der Waals surface area contributed by atoms with Gasteiger partial charge in [0.2, 0.25) is 5.28 Å². The standard InChI is InChI=1S/C15H18ClN3O3/c1-2-22-14(21)11-7-17-15(16)19-13(11)18-12-8-3-4-9(12)6-10(20)5-8/h7-9,12H,2-6H2,1H3,(H,17,18,19). The van der Waals surface area contributed by atoms with Crippen LogP contribution in [0.2, 0.25) is 5.28 Å². The molecule has 0 aliphatic heterocycles. The van der Waals surface area contributed by atoms with E-state index in [0.717, 1.165) is 12.8 Å². The van der Waals surface area contributed by atoms with Crippen LogP contribution in [0.25, 0.3) is 0 Å². The van der Waals surface area contributed by atoms with Gasteiger partial charge in [-0.1, -0.05) is 0 Å². The lowest BCUT2D eigenvalue weighted by molar-refractivity contribution is -0.122. The number of carbonyl (C=O) groups excluding carboxylic acids is 2. The highest BCUT2D eigenvalue weighted by atomic mass is 35.5. The zero-order valence-electron chi connectivity index (χ0n) is 12.3. The predicted molar refractivity (Wildman–Crippen MR) is 80.9 cm³/mol. The van der Waals surface area contributed by atoms with Gasteiger partial charge in [0.1, 0.15) is 17.2 Å². The number of esters is 1. The Bertz CT molecular complexity index is 592. The highest BCUT2D eigenvalue weighted by Gasteiger charge is 2.42. The predicted octanol–water partition coefficient (Wildman–Crippen LogP) is 2.48. The molecule has 2 saturated carbocycles. The molecule has 2 fully saturated rings. The minimum Gasteiger partial charge on any atom is -0.462 e. The second-order valence-electron chi connectivity index (χ2n) is 5.84. The number of rotatable bonds is 4. The van der Waals surface area contributed by atoms with E-state index in [1.807, 2.05) is 0 Å². The van der Waals surface area contributed by atoms with E-state index >= 15 is 0 Å². The molecule has 0 saturated heterocycles. The monoisotopic (exact) mass is 323 g/mol. The van der Waals surface area contributed by atoms with Gasteiger partial charge in [0.15, 0.2) is 0 Å².